The lowest BCUT2D eigenvalue weighted by Crippen LogP contribution is -2.36. The highest BCUT2D eigenvalue weighted by Crippen LogP contribution is 2.30. The van der Waals surface area contributed by atoms with E-state index in [9.17, 15) is 4.79 Å². The molecule has 1 rings (SSSR count). The van der Waals surface area contributed by atoms with Gasteiger partial charge in [0.15, 0.2) is 11.5 Å². The molecule has 0 aromatic heterocycles. The van der Waals surface area contributed by atoms with Crippen molar-refractivity contribution in [3.05, 3.63) is 35.9 Å². The van der Waals surface area contributed by atoms with E-state index in [1.54, 1.807) is 20.3 Å². The molecule has 1 aromatic rings. The molecule has 0 bridgehead atoms. The lowest BCUT2D eigenvalue weighted by molar-refractivity contribution is 0.242. The second-order valence-electron chi connectivity index (χ2n) is 4.31. The number of ether oxygens (including phenoxy) is 2. The van der Waals surface area contributed by atoms with Crippen molar-refractivity contribution in [3.63, 3.8) is 0 Å². The van der Waals surface area contributed by atoms with Gasteiger partial charge in [0.05, 0.1) is 14.2 Å². The van der Waals surface area contributed by atoms with E-state index in [1.807, 2.05) is 19.1 Å². The Balaban J connectivity index is 2.59. The van der Waals surface area contributed by atoms with Crippen LogP contribution in [0.4, 0.5) is 4.79 Å². The first kappa shape index (κ1) is 15.9. The third kappa shape index (κ3) is 4.50. The highest BCUT2D eigenvalue weighted by atomic mass is 16.5. The third-order valence-electron chi connectivity index (χ3n) is 2.93. The SMILES string of the molecule is C=CCNC(=O)NCCc1cc(OC)c(OC)cc1C. The first-order valence-electron chi connectivity index (χ1n) is 6.46. The van der Waals surface area contributed by atoms with Gasteiger partial charge in [0.25, 0.3) is 0 Å². The van der Waals surface area contributed by atoms with Crippen LogP contribution in [-0.2, 0) is 6.42 Å². The Morgan fingerprint density at radius 3 is 2.50 bits per heavy atom. The maximum atomic E-state index is 11.4. The van der Waals surface area contributed by atoms with Gasteiger partial charge in [-0.25, -0.2) is 4.79 Å². The van der Waals surface area contributed by atoms with Crippen LogP contribution < -0.4 is 20.1 Å². The Morgan fingerprint density at radius 1 is 1.25 bits per heavy atom. The summed E-state index contributed by atoms with van der Waals surface area (Å²) in [7, 11) is 3.22. The van der Waals surface area contributed by atoms with Gasteiger partial charge < -0.3 is 20.1 Å². The van der Waals surface area contributed by atoms with Crippen LogP contribution in [0.2, 0.25) is 0 Å². The number of urea groups is 1. The highest BCUT2D eigenvalue weighted by molar-refractivity contribution is 5.73. The molecule has 0 aliphatic heterocycles. The van der Waals surface area contributed by atoms with Crippen molar-refractivity contribution >= 4 is 6.03 Å². The van der Waals surface area contributed by atoms with Crippen molar-refractivity contribution < 1.29 is 14.3 Å². The van der Waals surface area contributed by atoms with Crippen LogP contribution >= 0.6 is 0 Å². The molecule has 1 aromatic carbocycles. The van der Waals surface area contributed by atoms with E-state index in [2.05, 4.69) is 17.2 Å². The zero-order valence-corrected chi connectivity index (χ0v) is 12.3. The minimum atomic E-state index is -0.192. The highest BCUT2D eigenvalue weighted by Gasteiger charge is 2.08. The predicted molar refractivity (Wildman–Crippen MR) is 79.6 cm³/mol. The summed E-state index contributed by atoms with van der Waals surface area (Å²) in [6, 6.07) is 3.69. The van der Waals surface area contributed by atoms with Gasteiger partial charge in [-0.15, -0.1) is 6.58 Å². The Kier molecular flexibility index (Phi) is 6.43. The molecule has 0 spiro atoms. The van der Waals surface area contributed by atoms with E-state index in [4.69, 9.17) is 9.47 Å². The number of rotatable bonds is 7. The number of amides is 2. The van der Waals surface area contributed by atoms with Gasteiger partial charge in [0, 0.05) is 13.1 Å². The zero-order valence-electron chi connectivity index (χ0n) is 12.3. The first-order chi connectivity index (χ1) is 9.62. The van der Waals surface area contributed by atoms with Crippen LogP contribution in [0.1, 0.15) is 11.1 Å². The van der Waals surface area contributed by atoms with Crippen molar-refractivity contribution in [3.8, 4) is 11.5 Å². The third-order valence-corrected chi connectivity index (χ3v) is 2.93. The smallest absolute Gasteiger partial charge is 0.315 e. The maximum absolute atomic E-state index is 11.4. The molecule has 2 amide bonds. The first-order valence-corrected chi connectivity index (χ1v) is 6.46. The number of methoxy groups -OCH3 is 2. The van der Waals surface area contributed by atoms with Gasteiger partial charge >= 0.3 is 6.03 Å². The maximum Gasteiger partial charge on any atom is 0.315 e. The van der Waals surface area contributed by atoms with Gasteiger partial charge in [-0.2, -0.15) is 0 Å². The molecule has 20 heavy (non-hydrogen) atoms. The zero-order chi connectivity index (χ0) is 15.0. The molecule has 0 aliphatic rings. The van der Waals surface area contributed by atoms with Crippen LogP contribution in [0.3, 0.4) is 0 Å². The minimum absolute atomic E-state index is 0.192. The van der Waals surface area contributed by atoms with Crippen molar-refractivity contribution in [2.45, 2.75) is 13.3 Å². The van der Waals surface area contributed by atoms with Crippen LogP contribution in [0.5, 0.6) is 11.5 Å². The predicted octanol–water partition coefficient (Wildman–Crippen LogP) is 2.04. The molecule has 0 unspecified atom stereocenters. The lowest BCUT2D eigenvalue weighted by Gasteiger charge is -2.13. The Labute approximate surface area is 120 Å². The minimum Gasteiger partial charge on any atom is -0.493 e. The van der Waals surface area contributed by atoms with Gasteiger partial charge in [-0.05, 0) is 36.6 Å². The van der Waals surface area contributed by atoms with Gasteiger partial charge in [0.2, 0.25) is 0 Å². The molecular weight excluding hydrogens is 256 g/mol. The molecule has 0 atom stereocenters. The second-order valence-corrected chi connectivity index (χ2v) is 4.31. The van der Waals surface area contributed by atoms with E-state index >= 15 is 0 Å². The summed E-state index contributed by atoms with van der Waals surface area (Å²) in [5.41, 5.74) is 2.22. The molecular formula is C15H22N2O3. The van der Waals surface area contributed by atoms with Crippen molar-refractivity contribution in [1.29, 1.82) is 0 Å². The summed E-state index contributed by atoms with van der Waals surface area (Å²) in [6.07, 6.45) is 2.37. The summed E-state index contributed by atoms with van der Waals surface area (Å²) >= 11 is 0. The summed E-state index contributed by atoms with van der Waals surface area (Å²) in [6.45, 7) is 6.56. The number of benzene rings is 1. The van der Waals surface area contributed by atoms with Crippen LogP contribution in [0.25, 0.3) is 0 Å². The number of hydrogen-bond donors (Lipinski definition) is 2. The van der Waals surface area contributed by atoms with Crippen molar-refractivity contribution in [2.75, 3.05) is 27.3 Å². The quantitative estimate of drug-likeness (QED) is 0.750. The number of carbonyl (C=O) groups is 1. The van der Waals surface area contributed by atoms with E-state index in [0.29, 0.717) is 24.6 Å². The average molecular weight is 278 g/mol. The fourth-order valence-corrected chi connectivity index (χ4v) is 1.83. The van der Waals surface area contributed by atoms with Crippen molar-refractivity contribution in [1.82, 2.24) is 10.6 Å². The lowest BCUT2D eigenvalue weighted by atomic mass is 10.0. The second kappa shape index (κ2) is 8.09. The summed E-state index contributed by atoms with van der Waals surface area (Å²) in [5.74, 6) is 1.41. The largest absolute Gasteiger partial charge is 0.493 e. The monoisotopic (exact) mass is 278 g/mol. The summed E-state index contributed by atoms with van der Waals surface area (Å²) in [4.78, 5) is 11.4. The Morgan fingerprint density at radius 2 is 1.90 bits per heavy atom. The molecule has 0 fully saturated rings. The molecule has 5 nitrogen and oxygen atoms in total. The fourth-order valence-electron chi connectivity index (χ4n) is 1.83. The molecule has 0 aliphatic carbocycles. The average Bonchev–Trinajstić information content (AvgIpc) is 2.46. The molecule has 0 heterocycles. The van der Waals surface area contributed by atoms with Gasteiger partial charge in [-0.3, -0.25) is 0 Å². The van der Waals surface area contributed by atoms with E-state index in [1.165, 1.54) is 0 Å². The topological polar surface area (TPSA) is 59.6 Å². The number of aryl methyl sites for hydroxylation is 1. The van der Waals surface area contributed by atoms with Gasteiger partial charge in [0.1, 0.15) is 0 Å². The van der Waals surface area contributed by atoms with Crippen LogP contribution in [-0.4, -0.2) is 33.3 Å². The molecule has 0 radical (unpaired) electrons. The molecule has 110 valence electrons. The van der Waals surface area contributed by atoms with Crippen molar-refractivity contribution in [2.24, 2.45) is 0 Å². The number of nitrogens with one attached hydrogen (secondary N) is 2. The van der Waals surface area contributed by atoms with Gasteiger partial charge in [-0.1, -0.05) is 6.08 Å². The van der Waals surface area contributed by atoms with E-state index < -0.39 is 0 Å². The molecule has 0 saturated heterocycles. The Bertz CT molecular complexity index is 472. The standard InChI is InChI=1S/C15H22N2O3/c1-5-7-16-15(18)17-8-6-12-10-14(20-4)13(19-3)9-11(12)2/h5,9-10H,1,6-8H2,2-4H3,(H2,16,17,18). The molecule has 5 heteroatoms. The molecule has 2 N–H and O–H groups in total. The number of hydrogen-bond acceptors (Lipinski definition) is 3. The normalized spacial score (nSPS) is 9.75. The van der Waals surface area contributed by atoms with Crippen LogP contribution in [0, 0.1) is 6.92 Å². The van der Waals surface area contributed by atoms with E-state index in [0.717, 1.165) is 17.5 Å². The molecule has 0 saturated carbocycles. The number of carbonyl (C=O) groups excluding carboxylic acids is 1. The van der Waals surface area contributed by atoms with Crippen LogP contribution in [0.15, 0.2) is 24.8 Å². The fraction of sp³-hybridized carbons (Fsp3) is 0.400. The van der Waals surface area contributed by atoms with E-state index in [-0.39, 0.29) is 6.03 Å². The summed E-state index contributed by atoms with van der Waals surface area (Å²) in [5, 5.41) is 5.45. The Hall–Kier alpha value is -2.17. The summed E-state index contributed by atoms with van der Waals surface area (Å²) < 4.78 is 10.5.